The number of benzene rings is 2. The summed E-state index contributed by atoms with van der Waals surface area (Å²) in [4.78, 5) is 4.65. The number of hydrogen-bond acceptors (Lipinski definition) is 3. The lowest BCUT2D eigenvalue weighted by atomic mass is 10.2. The van der Waals surface area contributed by atoms with Crippen molar-refractivity contribution in [1.82, 2.24) is 10.6 Å². The quantitative estimate of drug-likeness (QED) is 0.333. The third-order valence-corrected chi connectivity index (χ3v) is 3.65. The number of nitrogens with one attached hydrogen (secondary N) is 2. The molecule has 0 fully saturated rings. The van der Waals surface area contributed by atoms with Gasteiger partial charge in [-0.15, -0.1) is 24.0 Å². The van der Waals surface area contributed by atoms with Crippen LogP contribution >= 0.6 is 24.0 Å². The molecule has 0 unspecified atom stereocenters. The van der Waals surface area contributed by atoms with Gasteiger partial charge in [0.2, 0.25) is 0 Å². The largest absolute Gasteiger partial charge is 0.497 e. The molecule has 0 aliphatic carbocycles. The van der Waals surface area contributed by atoms with Gasteiger partial charge < -0.3 is 20.1 Å². The molecule has 2 aromatic carbocycles. The van der Waals surface area contributed by atoms with E-state index in [1.807, 2.05) is 50.2 Å². The third-order valence-electron chi connectivity index (χ3n) is 3.65. The fourth-order valence-corrected chi connectivity index (χ4v) is 2.43. The van der Waals surface area contributed by atoms with E-state index in [2.05, 4.69) is 34.7 Å². The molecule has 27 heavy (non-hydrogen) atoms. The predicted molar refractivity (Wildman–Crippen MR) is 122 cm³/mol. The molecule has 0 amide bonds. The van der Waals surface area contributed by atoms with E-state index in [0.29, 0.717) is 13.1 Å². The first-order valence-corrected chi connectivity index (χ1v) is 9.01. The topological polar surface area (TPSA) is 54.9 Å². The molecule has 2 aromatic rings. The lowest BCUT2D eigenvalue weighted by Crippen LogP contribution is -2.36. The van der Waals surface area contributed by atoms with Crippen LogP contribution < -0.4 is 20.1 Å². The molecule has 0 aromatic heterocycles. The van der Waals surface area contributed by atoms with Crippen molar-refractivity contribution in [2.24, 2.45) is 4.99 Å². The number of ether oxygens (including phenoxy) is 2. The standard InChI is InChI=1S/C21H29N3O2.HI/c1-5-22-21(24-15-18-7-6-8-20(13-18)25-4)23-14-17-9-11-19(12-10-17)26-16(2)3;/h6-13,16H,5,14-15H2,1-4H3,(H2,22,23,24);1H. The molecule has 0 bridgehead atoms. The lowest BCUT2D eigenvalue weighted by molar-refractivity contribution is 0.242. The number of nitrogens with zero attached hydrogens (tertiary/aromatic N) is 1. The van der Waals surface area contributed by atoms with Crippen LogP contribution in [0.15, 0.2) is 53.5 Å². The average Bonchev–Trinajstić information content (AvgIpc) is 2.65. The fourth-order valence-electron chi connectivity index (χ4n) is 2.43. The molecule has 0 spiro atoms. The van der Waals surface area contributed by atoms with Gasteiger partial charge in [0.15, 0.2) is 5.96 Å². The molecule has 0 saturated heterocycles. The van der Waals surface area contributed by atoms with Crippen molar-refractivity contribution in [3.8, 4) is 11.5 Å². The van der Waals surface area contributed by atoms with Gasteiger partial charge >= 0.3 is 0 Å². The van der Waals surface area contributed by atoms with Gasteiger partial charge in [-0.25, -0.2) is 4.99 Å². The summed E-state index contributed by atoms with van der Waals surface area (Å²) in [7, 11) is 1.67. The van der Waals surface area contributed by atoms with Gasteiger partial charge in [0.1, 0.15) is 11.5 Å². The summed E-state index contributed by atoms with van der Waals surface area (Å²) in [5.74, 6) is 2.53. The highest BCUT2D eigenvalue weighted by Crippen LogP contribution is 2.14. The van der Waals surface area contributed by atoms with E-state index in [1.54, 1.807) is 7.11 Å². The molecule has 0 aliphatic rings. The number of guanidine groups is 1. The summed E-state index contributed by atoms with van der Waals surface area (Å²) in [5.41, 5.74) is 2.28. The fraction of sp³-hybridized carbons (Fsp3) is 0.381. The summed E-state index contributed by atoms with van der Waals surface area (Å²) >= 11 is 0. The highest BCUT2D eigenvalue weighted by molar-refractivity contribution is 14.0. The van der Waals surface area contributed by atoms with Crippen molar-refractivity contribution in [3.63, 3.8) is 0 Å². The van der Waals surface area contributed by atoms with E-state index in [9.17, 15) is 0 Å². The van der Waals surface area contributed by atoms with Gasteiger partial charge in [0, 0.05) is 13.1 Å². The van der Waals surface area contributed by atoms with E-state index in [1.165, 1.54) is 5.56 Å². The molecule has 2 N–H and O–H groups in total. The van der Waals surface area contributed by atoms with E-state index < -0.39 is 0 Å². The van der Waals surface area contributed by atoms with Crippen molar-refractivity contribution in [2.45, 2.75) is 40.0 Å². The number of methoxy groups -OCH3 is 1. The minimum atomic E-state index is 0. The summed E-state index contributed by atoms with van der Waals surface area (Å²) < 4.78 is 10.9. The SMILES string of the molecule is CCNC(=NCc1cccc(OC)c1)NCc1ccc(OC(C)C)cc1.I. The van der Waals surface area contributed by atoms with Crippen LogP contribution in [-0.2, 0) is 13.1 Å². The highest BCUT2D eigenvalue weighted by Gasteiger charge is 2.01. The lowest BCUT2D eigenvalue weighted by Gasteiger charge is -2.13. The maximum absolute atomic E-state index is 5.67. The zero-order valence-electron chi connectivity index (χ0n) is 16.5. The van der Waals surface area contributed by atoms with Crippen LogP contribution in [0.3, 0.4) is 0 Å². The molecule has 0 saturated carbocycles. The molecule has 148 valence electrons. The molecule has 0 radical (unpaired) electrons. The maximum atomic E-state index is 5.67. The third kappa shape index (κ3) is 8.51. The molecular weight excluding hydrogens is 453 g/mol. The van der Waals surface area contributed by atoms with Crippen molar-refractivity contribution >= 4 is 29.9 Å². The Morgan fingerprint density at radius 2 is 1.74 bits per heavy atom. The molecular formula is C21H30IN3O2. The Balaban J connectivity index is 0.00000364. The smallest absolute Gasteiger partial charge is 0.191 e. The maximum Gasteiger partial charge on any atom is 0.191 e. The van der Waals surface area contributed by atoms with Crippen LogP contribution in [0.25, 0.3) is 0 Å². The van der Waals surface area contributed by atoms with Gasteiger partial charge in [-0.1, -0.05) is 24.3 Å². The Morgan fingerprint density at radius 1 is 1.00 bits per heavy atom. The molecule has 5 nitrogen and oxygen atoms in total. The Labute approximate surface area is 179 Å². The highest BCUT2D eigenvalue weighted by atomic mass is 127. The molecule has 6 heteroatoms. The van der Waals surface area contributed by atoms with Gasteiger partial charge in [-0.3, -0.25) is 0 Å². The van der Waals surface area contributed by atoms with Crippen molar-refractivity contribution < 1.29 is 9.47 Å². The first kappa shape index (κ1) is 23.1. The summed E-state index contributed by atoms with van der Waals surface area (Å²) in [6.07, 6.45) is 0.183. The summed E-state index contributed by atoms with van der Waals surface area (Å²) in [6, 6.07) is 16.1. The van der Waals surface area contributed by atoms with E-state index in [-0.39, 0.29) is 30.1 Å². The second-order valence-electron chi connectivity index (χ2n) is 6.21. The van der Waals surface area contributed by atoms with Crippen LogP contribution in [0.5, 0.6) is 11.5 Å². The number of hydrogen-bond donors (Lipinski definition) is 2. The van der Waals surface area contributed by atoms with Crippen molar-refractivity contribution in [2.75, 3.05) is 13.7 Å². The molecule has 0 aliphatic heterocycles. The van der Waals surface area contributed by atoms with Crippen LogP contribution in [0, 0.1) is 0 Å². The van der Waals surface area contributed by atoms with Crippen LogP contribution in [0.4, 0.5) is 0 Å². The zero-order chi connectivity index (χ0) is 18.8. The summed E-state index contributed by atoms with van der Waals surface area (Å²) in [6.45, 7) is 8.21. The van der Waals surface area contributed by atoms with Crippen LogP contribution in [0.2, 0.25) is 0 Å². The number of rotatable bonds is 8. The monoisotopic (exact) mass is 483 g/mol. The van der Waals surface area contributed by atoms with E-state index in [0.717, 1.165) is 29.6 Å². The molecule has 2 rings (SSSR count). The van der Waals surface area contributed by atoms with Gasteiger partial charge in [0.05, 0.1) is 19.8 Å². The average molecular weight is 483 g/mol. The molecule has 0 heterocycles. The van der Waals surface area contributed by atoms with Gasteiger partial charge in [0.25, 0.3) is 0 Å². The first-order valence-electron chi connectivity index (χ1n) is 9.01. The molecule has 0 atom stereocenters. The minimum Gasteiger partial charge on any atom is -0.497 e. The Morgan fingerprint density at radius 3 is 2.37 bits per heavy atom. The van der Waals surface area contributed by atoms with E-state index >= 15 is 0 Å². The van der Waals surface area contributed by atoms with Crippen LogP contribution in [0.1, 0.15) is 31.9 Å². The Bertz CT molecular complexity index is 703. The van der Waals surface area contributed by atoms with Gasteiger partial charge in [-0.05, 0) is 56.2 Å². The zero-order valence-corrected chi connectivity index (χ0v) is 18.8. The number of halogens is 1. The predicted octanol–water partition coefficient (Wildman–Crippen LogP) is 4.36. The minimum absolute atomic E-state index is 0. The normalized spacial score (nSPS) is 10.9. The Hall–Kier alpha value is -1.96. The van der Waals surface area contributed by atoms with Crippen molar-refractivity contribution in [1.29, 1.82) is 0 Å². The first-order chi connectivity index (χ1) is 12.6. The second-order valence-corrected chi connectivity index (χ2v) is 6.21. The Kier molecular flexibility index (Phi) is 10.6. The number of aliphatic imine (C=N–C) groups is 1. The van der Waals surface area contributed by atoms with Crippen LogP contribution in [-0.4, -0.2) is 25.7 Å². The van der Waals surface area contributed by atoms with Gasteiger partial charge in [-0.2, -0.15) is 0 Å². The van der Waals surface area contributed by atoms with E-state index in [4.69, 9.17) is 9.47 Å². The second kappa shape index (κ2) is 12.4. The summed E-state index contributed by atoms with van der Waals surface area (Å²) in [5, 5.41) is 6.64. The van der Waals surface area contributed by atoms with Crippen molar-refractivity contribution in [3.05, 3.63) is 59.7 Å².